The van der Waals surface area contributed by atoms with Crippen molar-refractivity contribution in [3.8, 4) is 0 Å². The van der Waals surface area contributed by atoms with Crippen molar-refractivity contribution in [1.82, 2.24) is 9.55 Å². The van der Waals surface area contributed by atoms with E-state index in [1.54, 1.807) is 28.7 Å². The lowest BCUT2D eigenvalue weighted by Gasteiger charge is -2.22. The smallest absolute Gasteiger partial charge is 0.293 e. The van der Waals surface area contributed by atoms with Crippen LogP contribution in [0.25, 0.3) is 0 Å². The number of nitrogens with one attached hydrogen (secondary N) is 1. The van der Waals surface area contributed by atoms with Gasteiger partial charge in [-0.2, -0.15) is 11.8 Å². The van der Waals surface area contributed by atoms with Crippen molar-refractivity contribution in [2.75, 3.05) is 30.0 Å². The summed E-state index contributed by atoms with van der Waals surface area (Å²) >= 11 is 1.75. The molecule has 6 heteroatoms. The number of aromatic nitrogens is 2. The van der Waals surface area contributed by atoms with Gasteiger partial charge in [-0.1, -0.05) is 0 Å². The molecule has 1 aromatic heterocycles. The Balaban J connectivity index is 2.53. The first kappa shape index (κ1) is 16.0. The number of rotatable bonds is 7. The lowest BCUT2D eigenvalue weighted by molar-refractivity contribution is 0.296. The Morgan fingerprint density at radius 1 is 1.42 bits per heavy atom. The molecule has 2 N–H and O–H groups in total. The third kappa shape index (κ3) is 5.24. The highest BCUT2D eigenvalue weighted by Crippen LogP contribution is 2.10. The van der Waals surface area contributed by atoms with Crippen LogP contribution in [0, 0.1) is 0 Å². The van der Waals surface area contributed by atoms with Gasteiger partial charge < -0.3 is 15.0 Å². The van der Waals surface area contributed by atoms with E-state index < -0.39 is 0 Å². The van der Waals surface area contributed by atoms with Crippen LogP contribution < -0.4 is 10.9 Å². The molecule has 0 aliphatic heterocycles. The van der Waals surface area contributed by atoms with Gasteiger partial charge in [0.15, 0.2) is 5.82 Å². The summed E-state index contributed by atoms with van der Waals surface area (Å²) in [4.78, 5) is 16.3. The van der Waals surface area contributed by atoms with Crippen molar-refractivity contribution in [2.24, 2.45) is 0 Å². The molecule has 0 spiro atoms. The second kappa shape index (κ2) is 7.55. The average Bonchev–Trinajstić information content (AvgIpc) is 2.34. The van der Waals surface area contributed by atoms with Crippen molar-refractivity contribution in [3.63, 3.8) is 0 Å². The number of nitrogens with zero attached hydrogens (tertiary/aromatic N) is 2. The molecule has 0 aliphatic carbocycles. The summed E-state index contributed by atoms with van der Waals surface area (Å²) in [6.07, 6.45) is 4.17. The van der Waals surface area contributed by atoms with Crippen LogP contribution in [-0.2, 0) is 5.54 Å². The predicted molar refractivity (Wildman–Crippen MR) is 81.0 cm³/mol. The summed E-state index contributed by atoms with van der Waals surface area (Å²) in [6.45, 7) is 6.90. The number of aliphatic hydroxyl groups is 1. The Kier molecular flexibility index (Phi) is 6.37. The highest BCUT2D eigenvalue weighted by molar-refractivity contribution is 7.99. The first-order valence-electron chi connectivity index (χ1n) is 6.47. The van der Waals surface area contributed by atoms with Crippen molar-refractivity contribution in [1.29, 1.82) is 0 Å². The maximum atomic E-state index is 12.2. The molecule has 1 heterocycles. The molecule has 0 fully saturated rings. The number of hydrogen-bond donors (Lipinski definition) is 2. The van der Waals surface area contributed by atoms with Gasteiger partial charge in [0, 0.05) is 36.8 Å². The Morgan fingerprint density at radius 3 is 2.79 bits per heavy atom. The van der Waals surface area contributed by atoms with E-state index in [0.717, 1.165) is 17.9 Å². The van der Waals surface area contributed by atoms with Crippen LogP contribution >= 0.6 is 11.8 Å². The Hall–Kier alpha value is -1.01. The molecule has 1 rings (SSSR count). The van der Waals surface area contributed by atoms with E-state index in [9.17, 15) is 4.79 Å². The van der Waals surface area contributed by atoms with E-state index in [2.05, 4.69) is 10.3 Å². The van der Waals surface area contributed by atoms with Crippen LogP contribution in [0.3, 0.4) is 0 Å². The third-order valence-electron chi connectivity index (χ3n) is 2.55. The molecule has 1 aromatic rings. The molecular formula is C13H23N3O2S. The van der Waals surface area contributed by atoms with Gasteiger partial charge in [-0.3, -0.25) is 4.79 Å². The summed E-state index contributed by atoms with van der Waals surface area (Å²) in [5.41, 5.74) is -0.331. The summed E-state index contributed by atoms with van der Waals surface area (Å²) in [5, 5.41) is 11.7. The van der Waals surface area contributed by atoms with Crippen molar-refractivity contribution in [2.45, 2.75) is 32.7 Å². The SMILES string of the molecule is CC(C)(C)n1ccnc(NCCSCCCO)c1=O. The Morgan fingerprint density at radius 2 is 2.16 bits per heavy atom. The van der Waals surface area contributed by atoms with Gasteiger partial charge in [0.25, 0.3) is 5.56 Å². The van der Waals surface area contributed by atoms with E-state index in [-0.39, 0.29) is 17.7 Å². The minimum absolute atomic E-state index is 0.0876. The van der Waals surface area contributed by atoms with E-state index >= 15 is 0 Å². The van der Waals surface area contributed by atoms with Crippen LogP contribution in [0.1, 0.15) is 27.2 Å². The topological polar surface area (TPSA) is 67.2 Å². The van der Waals surface area contributed by atoms with Gasteiger partial charge in [-0.05, 0) is 32.9 Å². The minimum Gasteiger partial charge on any atom is -0.396 e. The van der Waals surface area contributed by atoms with Gasteiger partial charge in [0.05, 0.1) is 0 Å². The summed E-state index contributed by atoms with van der Waals surface area (Å²) in [6, 6.07) is 0. The fourth-order valence-electron chi connectivity index (χ4n) is 1.57. The molecule has 0 bridgehead atoms. The van der Waals surface area contributed by atoms with E-state index in [0.29, 0.717) is 12.4 Å². The number of hydrogen-bond acceptors (Lipinski definition) is 5. The van der Waals surface area contributed by atoms with Crippen LogP contribution in [0.5, 0.6) is 0 Å². The van der Waals surface area contributed by atoms with Crippen LogP contribution in [0.4, 0.5) is 5.82 Å². The lowest BCUT2D eigenvalue weighted by atomic mass is 10.1. The van der Waals surface area contributed by atoms with Crippen molar-refractivity contribution < 1.29 is 5.11 Å². The standard InChI is InChI=1S/C13H23N3O2S/c1-13(2,3)16-7-5-14-11(12(16)18)15-6-10-19-9-4-8-17/h5,7,17H,4,6,8-10H2,1-3H3,(H,14,15). The maximum Gasteiger partial charge on any atom is 0.293 e. The van der Waals surface area contributed by atoms with Crippen molar-refractivity contribution >= 4 is 17.6 Å². The molecule has 19 heavy (non-hydrogen) atoms. The minimum atomic E-state index is -0.244. The van der Waals surface area contributed by atoms with Crippen molar-refractivity contribution in [3.05, 3.63) is 22.7 Å². The molecule has 0 saturated heterocycles. The predicted octanol–water partition coefficient (Wildman–Crippen LogP) is 1.53. The number of aliphatic hydroxyl groups excluding tert-OH is 1. The van der Waals surface area contributed by atoms with Gasteiger partial charge in [0.1, 0.15) is 0 Å². The molecular weight excluding hydrogens is 262 g/mol. The molecule has 0 unspecified atom stereocenters. The zero-order valence-corrected chi connectivity index (χ0v) is 12.7. The zero-order chi connectivity index (χ0) is 14.3. The van der Waals surface area contributed by atoms with E-state index in [1.165, 1.54) is 0 Å². The quantitative estimate of drug-likeness (QED) is 0.744. The summed E-state index contributed by atoms with van der Waals surface area (Å²) in [5.74, 6) is 2.23. The number of thioether (sulfide) groups is 1. The van der Waals surface area contributed by atoms with Gasteiger partial charge in [-0.25, -0.2) is 4.98 Å². The molecule has 0 aliphatic rings. The summed E-state index contributed by atoms with van der Waals surface area (Å²) in [7, 11) is 0. The fraction of sp³-hybridized carbons (Fsp3) is 0.692. The Bertz CT molecular complexity index is 440. The lowest BCUT2D eigenvalue weighted by Crippen LogP contribution is -2.35. The maximum absolute atomic E-state index is 12.2. The zero-order valence-electron chi connectivity index (χ0n) is 11.8. The first-order chi connectivity index (χ1) is 8.96. The molecule has 0 saturated carbocycles. The fourth-order valence-corrected chi connectivity index (χ4v) is 2.36. The largest absolute Gasteiger partial charge is 0.396 e. The average molecular weight is 285 g/mol. The molecule has 5 nitrogen and oxygen atoms in total. The van der Waals surface area contributed by atoms with Gasteiger partial charge >= 0.3 is 0 Å². The molecule has 0 radical (unpaired) electrons. The third-order valence-corrected chi connectivity index (χ3v) is 3.62. The molecule has 0 atom stereocenters. The van der Waals surface area contributed by atoms with Crippen LogP contribution in [0.2, 0.25) is 0 Å². The second-order valence-corrected chi connectivity index (χ2v) is 6.46. The molecule has 0 amide bonds. The molecule has 108 valence electrons. The van der Waals surface area contributed by atoms with Crippen LogP contribution in [-0.4, -0.2) is 39.3 Å². The van der Waals surface area contributed by atoms with Gasteiger partial charge in [0.2, 0.25) is 0 Å². The Labute approximate surface area is 118 Å². The highest BCUT2D eigenvalue weighted by atomic mass is 32.2. The number of anilines is 1. The van der Waals surface area contributed by atoms with E-state index in [4.69, 9.17) is 5.11 Å². The highest BCUT2D eigenvalue weighted by Gasteiger charge is 2.16. The molecule has 0 aromatic carbocycles. The monoisotopic (exact) mass is 285 g/mol. The first-order valence-corrected chi connectivity index (χ1v) is 7.63. The second-order valence-electron chi connectivity index (χ2n) is 5.24. The van der Waals surface area contributed by atoms with E-state index in [1.807, 2.05) is 20.8 Å². The summed E-state index contributed by atoms with van der Waals surface area (Å²) < 4.78 is 1.68. The van der Waals surface area contributed by atoms with Crippen LogP contribution in [0.15, 0.2) is 17.2 Å². The van der Waals surface area contributed by atoms with Gasteiger partial charge in [-0.15, -0.1) is 0 Å². The normalized spacial score (nSPS) is 11.6.